The Balaban J connectivity index is 2.61. The molecular formula is C7H8F2N2O2S2. The first-order valence-electron chi connectivity index (χ1n) is 3.90. The second kappa shape index (κ2) is 5.36. The Labute approximate surface area is 93.0 Å². The molecule has 0 amide bonds. The average Bonchev–Trinajstić information content (AvgIpc) is 2.65. The van der Waals surface area contributed by atoms with Crippen LogP contribution in [0.15, 0.2) is 4.34 Å². The van der Waals surface area contributed by atoms with Crippen molar-refractivity contribution in [1.29, 1.82) is 0 Å². The van der Waals surface area contributed by atoms with Crippen LogP contribution in [0, 0.1) is 0 Å². The number of hydrogen-bond donors (Lipinski definition) is 0. The van der Waals surface area contributed by atoms with E-state index in [9.17, 15) is 13.6 Å². The van der Waals surface area contributed by atoms with E-state index in [2.05, 4.69) is 14.9 Å². The van der Waals surface area contributed by atoms with Gasteiger partial charge in [-0.1, -0.05) is 23.1 Å². The lowest BCUT2D eigenvalue weighted by molar-refractivity contribution is -0.139. The fourth-order valence-corrected chi connectivity index (χ4v) is 2.62. The molecule has 0 saturated carbocycles. The number of nitrogens with zero attached hydrogens (tertiary/aromatic N) is 2. The van der Waals surface area contributed by atoms with Crippen LogP contribution in [0.1, 0.15) is 18.4 Å². The normalized spacial score (nSPS) is 12.9. The van der Waals surface area contributed by atoms with Crippen molar-refractivity contribution in [3.8, 4) is 0 Å². The summed E-state index contributed by atoms with van der Waals surface area (Å²) in [7, 11) is 1.27. The van der Waals surface area contributed by atoms with Gasteiger partial charge in [0, 0.05) is 0 Å². The molecule has 4 nitrogen and oxygen atoms in total. The van der Waals surface area contributed by atoms with Gasteiger partial charge in [0.1, 0.15) is 5.25 Å². The molecule has 0 aliphatic rings. The van der Waals surface area contributed by atoms with Gasteiger partial charge in [-0.2, -0.15) is 0 Å². The van der Waals surface area contributed by atoms with Crippen LogP contribution in [0.5, 0.6) is 0 Å². The number of aromatic nitrogens is 2. The van der Waals surface area contributed by atoms with Gasteiger partial charge in [-0.25, -0.2) is 8.78 Å². The number of carbonyl (C=O) groups is 1. The second-order valence-electron chi connectivity index (χ2n) is 2.49. The third-order valence-electron chi connectivity index (χ3n) is 1.42. The lowest BCUT2D eigenvalue weighted by Crippen LogP contribution is -2.14. The molecule has 1 rings (SSSR count). The Morgan fingerprint density at radius 2 is 2.20 bits per heavy atom. The van der Waals surface area contributed by atoms with Gasteiger partial charge in [0.05, 0.1) is 7.11 Å². The topological polar surface area (TPSA) is 52.1 Å². The third-order valence-corrected chi connectivity index (χ3v) is 3.51. The molecule has 1 unspecified atom stereocenters. The summed E-state index contributed by atoms with van der Waals surface area (Å²) in [5.74, 6) is -0.422. The summed E-state index contributed by atoms with van der Waals surface area (Å²) in [5.41, 5.74) is 0. The smallest absolute Gasteiger partial charge is 0.318 e. The van der Waals surface area contributed by atoms with E-state index in [0.29, 0.717) is 4.34 Å². The molecule has 8 heteroatoms. The fourth-order valence-electron chi connectivity index (χ4n) is 0.721. The fraction of sp³-hybridized carbons (Fsp3) is 0.571. The van der Waals surface area contributed by atoms with Crippen LogP contribution in [0.4, 0.5) is 8.78 Å². The van der Waals surface area contributed by atoms with Crippen molar-refractivity contribution in [1.82, 2.24) is 10.2 Å². The summed E-state index contributed by atoms with van der Waals surface area (Å²) < 4.78 is 29.1. The van der Waals surface area contributed by atoms with Crippen LogP contribution in [-0.2, 0) is 9.53 Å². The molecule has 0 bridgehead atoms. The van der Waals surface area contributed by atoms with Crippen molar-refractivity contribution in [2.45, 2.75) is 22.9 Å². The molecule has 0 N–H and O–H groups in total. The van der Waals surface area contributed by atoms with E-state index in [1.165, 1.54) is 7.11 Å². The van der Waals surface area contributed by atoms with E-state index in [1.54, 1.807) is 6.92 Å². The van der Waals surface area contributed by atoms with E-state index in [1.807, 2.05) is 0 Å². The summed E-state index contributed by atoms with van der Waals surface area (Å²) >= 11 is 1.83. The molecule has 0 saturated heterocycles. The van der Waals surface area contributed by atoms with Crippen molar-refractivity contribution < 1.29 is 18.3 Å². The van der Waals surface area contributed by atoms with E-state index in [4.69, 9.17) is 0 Å². The maximum absolute atomic E-state index is 12.1. The van der Waals surface area contributed by atoms with E-state index in [0.717, 1.165) is 23.1 Å². The Bertz CT molecular complexity index is 345. The van der Waals surface area contributed by atoms with E-state index < -0.39 is 17.6 Å². The number of ether oxygens (including phenoxy) is 1. The number of hydrogen-bond acceptors (Lipinski definition) is 6. The van der Waals surface area contributed by atoms with Crippen molar-refractivity contribution in [3.05, 3.63) is 5.01 Å². The summed E-state index contributed by atoms with van der Waals surface area (Å²) in [6.45, 7) is 1.61. The quantitative estimate of drug-likeness (QED) is 0.608. The Kier molecular flexibility index (Phi) is 4.40. The Morgan fingerprint density at radius 3 is 2.67 bits per heavy atom. The first kappa shape index (κ1) is 12.3. The maximum Gasteiger partial charge on any atom is 0.318 e. The zero-order valence-electron chi connectivity index (χ0n) is 7.94. The molecule has 0 radical (unpaired) electrons. The second-order valence-corrected chi connectivity index (χ2v) is 5.09. The highest BCUT2D eigenvalue weighted by molar-refractivity contribution is 8.02. The highest BCUT2D eigenvalue weighted by Gasteiger charge is 2.19. The summed E-state index contributed by atoms with van der Waals surface area (Å²) in [6.07, 6.45) is -2.62. The minimum absolute atomic E-state index is 0.336. The van der Waals surface area contributed by atoms with Gasteiger partial charge in [-0.15, -0.1) is 10.2 Å². The van der Waals surface area contributed by atoms with Crippen LogP contribution in [0.3, 0.4) is 0 Å². The summed E-state index contributed by atoms with van der Waals surface area (Å²) in [6, 6.07) is 0. The molecule has 0 aromatic carbocycles. The van der Waals surface area contributed by atoms with Crippen LogP contribution in [0.25, 0.3) is 0 Å². The van der Waals surface area contributed by atoms with Gasteiger partial charge in [0.25, 0.3) is 6.43 Å². The molecule has 1 atom stereocenters. The van der Waals surface area contributed by atoms with Gasteiger partial charge in [-0.3, -0.25) is 4.79 Å². The minimum atomic E-state index is -2.62. The largest absolute Gasteiger partial charge is 0.468 e. The SMILES string of the molecule is COC(=O)C(C)Sc1nnc(C(F)F)s1. The molecule has 84 valence electrons. The van der Waals surface area contributed by atoms with Crippen molar-refractivity contribution >= 4 is 29.1 Å². The predicted molar refractivity (Wildman–Crippen MR) is 52.2 cm³/mol. The van der Waals surface area contributed by atoms with Crippen LogP contribution in [0.2, 0.25) is 0 Å². The van der Waals surface area contributed by atoms with Gasteiger partial charge >= 0.3 is 5.97 Å². The molecule has 15 heavy (non-hydrogen) atoms. The van der Waals surface area contributed by atoms with Crippen LogP contribution in [-0.4, -0.2) is 28.5 Å². The van der Waals surface area contributed by atoms with Gasteiger partial charge < -0.3 is 4.74 Å². The number of carbonyl (C=O) groups excluding carboxylic acids is 1. The molecule has 1 aromatic heterocycles. The average molecular weight is 254 g/mol. The van der Waals surface area contributed by atoms with Crippen LogP contribution >= 0.6 is 23.1 Å². The number of halogens is 2. The summed E-state index contributed by atoms with van der Waals surface area (Å²) in [5, 5.41) is 6.02. The maximum atomic E-state index is 12.1. The molecule has 0 aliphatic carbocycles. The number of thioether (sulfide) groups is 1. The lowest BCUT2D eigenvalue weighted by Gasteiger charge is -2.04. The standard InChI is InChI=1S/C7H8F2N2O2S2/c1-3(6(12)13-2)14-7-11-10-5(15-7)4(8)9/h3-4H,1-2H3. The zero-order valence-corrected chi connectivity index (χ0v) is 9.57. The van der Waals surface area contributed by atoms with Gasteiger partial charge in [-0.05, 0) is 6.92 Å². The highest BCUT2D eigenvalue weighted by atomic mass is 32.2. The Hall–Kier alpha value is -0.760. The van der Waals surface area contributed by atoms with Crippen molar-refractivity contribution in [2.75, 3.05) is 7.11 Å². The minimum Gasteiger partial charge on any atom is -0.468 e. The van der Waals surface area contributed by atoms with Crippen LogP contribution < -0.4 is 0 Å². The summed E-state index contributed by atoms with van der Waals surface area (Å²) in [4.78, 5) is 11.0. The van der Waals surface area contributed by atoms with E-state index in [-0.39, 0.29) is 5.01 Å². The molecule has 1 aromatic rings. The predicted octanol–water partition coefficient (Wildman–Crippen LogP) is 2.13. The van der Waals surface area contributed by atoms with Gasteiger partial charge in [0.2, 0.25) is 0 Å². The molecule has 0 fully saturated rings. The molecule has 0 aliphatic heterocycles. The zero-order chi connectivity index (χ0) is 11.4. The first-order valence-corrected chi connectivity index (χ1v) is 5.60. The third kappa shape index (κ3) is 3.38. The molecular weight excluding hydrogens is 246 g/mol. The molecule has 1 heterocycles. The van der Waals surface area contributed by atoms with E-state index >= 15 is 0 Å². The van der Waals surface area contributed by atoms with Crippen molar-refractivity contribution in [3.63, 3.8) is 0 Å². The Morgan fingerprint density at radius 1 is 1.53 bits per heavy atom. The first-order chi connectivity index (χ1) is 7.04. The highest BCUT2D eigenvalue weighted by Crippen LogP contribution is 2.30. The molecule has 0 spiro atoms. The lowest BCUT2D eigenvalue weighted by atomic mass is 10.5. The number of methoxy groups -OCH3 is 1. The monoisotopic (exact) mass is 254 g/mol. The van der Waals surface area contributed by atoms with Crippen molar-refractivity contribution in [2.24, 2.45) is 0 Å². The number of esters is 1. The van der Waals surface area contributed by atoms with Gasteiger partial charge in [0.15, 0.2) is 9.35 Å². The number of rotatable bonds is 4. The number of alkyl halides is 2.